The van der Waals surface area contributed by atoms with Crippen LogP contribution in [0.4, 0.5) is 4.39 Å². The zero-order valence-corrected chi connectivity index (χ0v) is 17.5. The van der Waals surface area contributed by atoms with E-state index < -0.39 is 17.9 Å². The fourth-order valence-corrected chi connectivity index (χ4v) is 5.41. The summed E-state index contributed by atoms with van der Waals surface area (Å²) < 4.78 is 20.6. The number of esters is 1. The number of hydrogen-bond donors (Lipinski definition) is 1. The first-order chi connectivity index (χ1) is 13.5. The van der Waals surface area contributed by atoms with Crippen LogP contribution in [0.2, 0.25) is 0 Å². The van der Waals surface area contributed by atoms with E-state index in [4.69, 9.17) is 4.74 Å². The highest BCUT2D eigenvalue weighted by Crippen LogP contribution is 2.41. The quantitative estimate of drug-likeness (QED) is 0.582. The summed E-state index contributed by atoms with van der Waals surface area (Å²) in [5.41, 5.74) is 0.911. The van der Waals surface area contributed by atoms with Gasteiger partial charge >= 0.3 is 5.97 Å². The molecule has 1 aliphatic carbocycles. The molecule has 156 valence electrons. The minimum absolute atomic E-state index is 0.0246. The highest BCUT2D eigenvalue weighted by molar-refractivity contribution is 5.92. The highest BCUT2D eigenvalue weighted by atomic mass is 19.1. The van der Waals surface area contributed by atoms with Crippen LogP contribution in [-0.4, -0.2) is 17.2 Å². The standard InChI is InChI=1S/C24H35FO3/c1-4-6-16-8-10-17(11-9-16)20(7-5-2)21-14-18-12-13-19(15(3)26)23(25)22(18)24(27)28-21/h12-13,15-17,20-21,26H,4-11,14H2,1-3H3. The lowest BCUT2D eigenvalue weighted by Crippen LogP contribution is -2.39. The molecular weight excluding hydrogens is 355 g/mol. The molecular formula is C24H35FO3. The van der Waals surface area contributed by atoms with E-state index in [-0.39, 0.29) is 17.2 Å². The number of benzene rings is 1. The molecule has 3 nitrogen and oxygen atoms in total. The summed E-state index contributed by atoms with van der Waals surface area (Å²) in [5, 5.41) is 9.74. The van der Waals surface area contributed by atoms with Crippen LogP contribution >= 0.6 is 0 Å². The van der Waals surface area contributed by atoms with Crippen LogP contribution in [0, 0.1) is 23.6 Å². The number of carbonyl (C=O) groups is 1. The molecule has 3 atom stereocenters. The average Bonchev–Trinajstić information content (AvgIpc) is 2.66. The Morgan fingerprint density at radius 2 is 1.89 bits per heavy atom. The molecule has 0 amide bonds. The van der Waals surface area contributed by atoms with Crippen molar-refractivity contribution in [1.29, 1.82) is 0 Å². The first-order valence-corrected chi connectivity index (χ1v) is 11.2. The summed E-state index contributed by atoms with van der Waals surface area (Å²) in [7, 11) is 0. The van der Waals surface area contributed by atoms with Gasteiger partial charge in [0.1, 0.15) is 11.9 Å². The maximum atomic E-state index is 14.7. The molecule has 1 heterocycles. The number of aliphatic hydroxyl groups is 1. The van der Waals surface area contributed by atoms with Gasteiger partial charge in [-0.3, -0.25) is 0 Å². The number of aliphatic hydroxyl groups excluding tert-OH is 1. The molecule has 0 aromatic heterocycles. The lowest BCUT2D eigenvalue weighted by atomic mass is 9.70. The molecule has 1 aliphatic heterocycles. The van der Waals surface area contributed by atoms with Crippen LogP contribution in [-0.2, 0) is 11.2 Å². The Kier molecular flexibility index (Phi) is 7.14. The Morgan fingerprint density at radius 3 is 2.50 bits per heavy atom. The zero-order valence-electron chi connectivity index (χ0n) is 17.5. The number of cyclic esters (lactones) is 1. The van der Waals surface area contributed by atoms with Crippen molar-refractivity contribution in [2.24, 2.45) is 17.8 Å². The van der Waals surface area contributed by atoms with E-state index in [1.165, 1.54) is 45.4 Å². The van der Waals surface area contributed by atoms with Crippen LogP contribution in [0.1, 0.15) is 99.7 Å². The normalized spacial score (nSPS) is 27.0. The predicted molar refractivity (Wildman–Crippen MR) is 109 cm³/mol. The van der Waals surface area contributed by atoms with Crippen LogP contribution in [0.5, 0.6) is 0 Å². The van der Waals surface area contributed by atoms with Gasteiger partial charge in [-0.2, -0.15) is 0 Å². The molecule has 3 rings (SSSR count). The Labute approximate surface area is 168 Å². The fourth-order valence-electron chi connectivity index (χ4n) is 5.41. The van der Waals surface area contributed by atoms with Gasteiger partial charge < -0.3 is 9.84 Å². The molecule has 28 heavy (non-hydrogen) atoms. The zero-order chi connectivity index (χ0) is 20.3. The molecule has 4 heteroatoms. The molecule has 1 fully saturated rings. The minimum atomic E-state index is -0.943. The molecule has 0 bridgehead atoms. The largest absolute Gasteiger partial charge is 0.458 e. The number of carbonyl (C=O) groups excluding carboxylic acids is 1. The first-order valence-electron chi connectivity index (χ1n) is 11.2. The second kappa shape index (κ2) is 9.39. The maximum Gasteiger partial charge on any atom is 0.341 e. The number of fused-ring (bicyclic) bond motifs is 1. The van der Waals surface area contributed by atoms with Crippen molar-refractivity contribution < 1.29 is 19.0 Å². The molecule has 1 saturated carbocycles. The molecule has 2 aliphatic rings. The van der Waals surface area contributed by atoms with E-state index >= 15 is 0 Å². The van der Waals surface area contributed by atoms with Gasteiger partial charge in [-0.15, -0.1) is 0 Å². The number of ether oxygens (including phenoxy) is 1. The maximum absolute atomic E-state index is 14.7. The van der Waals surface area contributed by atoms with Crippen molar-refractivity contribution in [2.75, 3.05) is 0 Å². The van der Waals surface area contributed by atoms with Gasteiger partial charge in [0.05, 0.1) is 11.7 Å². The lowest BCUT2D eigenvalue weighted by molar-refractivity contribution is -0.0108. The summed E-state index contributed by atoms with van der Waals surface area (Å²) >= 11 is 0. The van der Waals surface area contributed by atoms with Crippen molar-refractivity contribution in [3.05, 3.63) is 34.6 Å². The SMILES string of the molecule is CCCC1CCC(C(CCC)C2Cc3ccc(C(C)O)c(F)c3C(=O)O2)CC1. The fraction of sp³-hybridized carbons (Fsp3) is 0.708. The van der Waals surface area contributed by atoms with Gasteiger partial charge in [0.15, 0.2) is 0 Å². The Bertz CT molecular complexity index is 677. The molecule has 0 spiro atoms. The summed E-state index contributed by atoms with van der Waals surface area (Å²) in [6.07, 6.45) is 9.15. The Morgan fingerprint density at radius 1 is 1.18 bits per heavy atom. The monoisotopic (exact) mass is 390 g/mol. The van der Waals surface area contributed by atoms with Crippen LogP contribution in [0.25, 0.3) is 0 Å². The van der Waals surface area contributed by atoms with Crippen molar-refractivity contribution in [1.82, 2.24) is 0 Å². The molecule has 1 aromatic carbocycles. The van der Waals surface area contributed by atoms with Gasteiger partial charge in [-0.05, 0) is 49.5 Å². The van der Waals surface area contributed by atoms with E-state index in [2.05, 4.69) is 13.8 Å². The molecule has 1 N–H and O–H groups in total. The van der Waals surface area contributed by atoms with Crippen molar-refractivity contribution in [2.45, 2.75) is 90.8 Å². The van der Waals surface area contributed by atoms with E-state index in [0.29, 0.717) is 18.3 Å². The highest BCUT2D eigenvalue weighted by Gasteiger charge is 2.39. The van der Waals surface area contributed by atoms with Crippen molar-refractivity contribution in [3.63, 3.8) is 0 Å². The van der Waals surface area contributed by atoms with Crippen molar-refractivity contribution in [3.8, 4) is 0 Å². The third-order valence-corrected chi connectivity index (χ3v) is 6.89. The average molecular weight is 391 g/mol. The van der Waals surface area contributed by atoms with Gasteiger partial charge in [0, 0.05) is 12.0 Å². The lowest BCUT2D eigenvalue weighted by Gasteiger charge is -2.39. The van der Waals surface area contributed by atoms with Gasteiger partial charge in [-0.25, -0.2) is 9.18 Å². The number of rotatable bonds is 7. The van der Waals surface area contributed by atoms with Crippen LogP contribution in [0.15, 0.2) is 12.1 Å². The molecule has 0 radical (unpaired) electrons. The van der Waals surface area contributed by atoms with Gasteiger partial charge in [-0.1, -0.05) is 58.1 Å². The summed E-state index contributed by atoms with van der Waals surface area (Å²) in [6.45, 7) is 5.95. The number of hydrogen-bond acceptors (Lipinski definition) is 3. The minimum Gasteiger partial charge on any atom is -0.458 e. The van der Waals surface area contributed by atoms with E-state index in [1.807, 2.05) is 0 Å². The molecule has 0 saturated heterocycles. The van der Waals surface area contributed by atoms with Gasteiger partial charge in [0.2, 0.25) is 0 Å². The smallest absolute Gasteiger partial charge is 0.341 e. The topological polar surface area (TPSA) is 46.5 Å². The van der Waals surface area contributed by atoms with Gasteiger partial charge in [0.25, 0.3) is 0 Å². The second-order valence-electron chi connectivity index (χ2n) is 8.85. The first kappa shape index (κ1) is 21.3. The predicted octanol–water partition coefficient (Wildman–Crippen LogP) is 5.98. The van der Waals surface area contributed by atoms with Crippen molar-refractivity contribution >= 4 is 5.97 Å². The third kappa shape index (κ3) is 4.42. The van der Waals surface area contributed by atoms with E-state index in [1.54, 1.807) is 12.1 Å². The third-order valence-electron chi connectivity index (χ3n) is 6.89. The molecule has 3 unspecified atom stereocenters. The van der Waals surface area contributed by atoms with Crippen LogP contribution < -0.4 is 0 Å². The second-order valence-corrected chi connectivity index (χ2v) is 8.85. The Hall–Kier alpha value is -1.42. The van der Waals surface area contributed by atoms with E-state index in [0.717, 1.165) is 24.3 Å². The summed E-state index contributed by atoms with van der Waals surface area (Å²) in [6, 6.07) is 3.41. The molecule has 1 aromatic rings. The number of halogens is 1. The summed E-state index contributed by atoms with van der Waals surface area (Å²) in [5.74, 6) is 0.611. The van der Waals surface area contributed by atoms with Crippen LogP contribution in [0.3, 0.4) is 0 Å². The Balaban J connectivity index is 1.77. The van der Waals surface area contributed by atoms with E-state index in [9.17, 15) is 14.3 Å². The summed E-state index contributed by atoms with van der Waals surface area (Å²) in [4.78, 5) is 12.7.